The third-order valence-corrected chi connectivity index (χ3v) is 5.36. The largest absolute Gasteiger partial charge is 0.367 e. The lowest BCUT2D eigenvalue weighted by Gasteiger charge is -2.22. The summed E-state index contributed by atoms with van der Waals surface area (Å²) in [5, 5.41) is 0. The molecule has 1 aliphatic heterocycles. The maximum absolute atomic E-state index is 12.9. The SMILES string of the molecule is Cc1ccc(C(C)C)cc1CC(=O)N1CCCN(C(=O)c2cc[nH]c2)CC1. The van der Waals surface area contributed by atoms with Gasteiger partial charge in [-0.2, -0.15) is 0 Å². The minimum Gasteiger partial charge on any atom is -0.367 e. The van der Waals surface area contributed by atoms with E-state index < -0.39 is 0 Å². The van der Waals surface area contributed by atoms with Crippen LogP contribution in [0.4, 0.5) is 0 Å². The molecule has 0 atom stereocenters. The average Bonchev–Trinajstić information content (AvgIpc) is 3.07. The number of H-pyrrole nitrogens is 1. The Morgan fingerprint density at radius 3 is 2.52 bits per heavy atom. The molecule has 2 heterocycles. The number of carbonyl (C=O) groups is 2. The predicted octanol–water partition coefficient (Wildman–Crippen LogP) is 3.36. The Hall–Kier alpha value is -2.56. The molecule has 2 amide bonds. The van der Waals surface area contributed by atoms with Crippen molar-refractivity contribution in [3.63, 3.8) is 0 Å². The first-order valence-corrected chi connectivity index (χ1v) is 9.75. The lowest BCUT2D eigenvalue weighted by Crippen LogP contribution is -2.38. The van der Waals surface area contributed by atoms with Crippen molar-refractivity contribution in [3.8, 4) is 0 Å². The molecular formula is C22H29N3O2. The summed E-state index contributed by atoms with van der Waals surface area (Å²) < 4.78 is 0. The third-order valence-electron chi connectivity index (χ3n) is 5.36. The van der Waals surface area contributed by atoms with E-state index in [2.05, 4.69) is 44.0 Å². The number of carbonyl (C=O) groups excluding carboxylic acids is 2. The Morgan fingerprint density at radius 1 is 1.07 bits per heavy atom. The van der Waals surface area contributed by atoms with Gasteiger partial charge < -0.3 is 14.8 Å². The first-order chi connectivity index (χ1) is 13.0. The number of nitrogens with zero attached hydrogens (tertiary/aromatic N) is 2. The molecule has 1 N–H and O–H groups in total. The molecule has 0 bridgehead atoms. The van der Waals surface area contributed by atoms with Crippen molar-refractivity contribution in [1.82, 2.24) is 14.8 Å². The lowest BCUT2D eigenvalue weighted by atomic mass is 9.96. The number of aromatic nitrogens is 1. The molecule has 2 aromatic rings. The van der Waals surface area contributed by atoms with E-state index in [0.717, 1.165) is 17.5 Å². The second-order valence-corrected chi connectivity index (χ2v) is 7.64. The van der Waals surface area contributed by atoms with Crippen molar-refractivity contribution in [3.05, 3.63) is 58.9 Å². The van der Waals surface area contributed by atoms with E-state index in [0.29, 0.717) is 44.1 Å². The monoisotopic (exact) mass is 367 g/mol. The van der Waals surface area contributed by atoms with Crippen molar-refractivity contribution in [2.75, 3.05) is 26.2 Å². The van der Waals surface area contributed by atoms with Gasteiger partial charge in [-0.05, 0) is 42.0 Å². The zero-order chi connectivity index (χ0) is 19.4. The van der Waals surface area contributed by atoms with E-state index in [9.17, 15) is 9.59 Å². The minimum absolute atomic E-state index is 0.0334. The molecule has 1 aliphatic rings. The van der Waals surface area contributed by atoms with E-state index in [1.165, 1.54) is 5.56 Å². The number of nitrogens with one attached hydrogen (secondary N) is 1. The van der Waals surface area contributed by atoms with Crippen LogP contribution in [0.15, 0.2) is 36.7 Å². The van der Waals surface area contributed by atoms with Crippen LogP contribution in [0.1, 0.15) is 53.2 Å². The molecule has 144 valence electrons. The molecular weight excluding hydrogens is 338 g/mol. The van der Waals surface area contributed by atoms with Gasteiger partial charge in [-0.15, -0.1) is 0 Å². The lowest BCUT2D eigenvalue weighted by molar-refractivity contribution is -0.130. The van der Waals surface area contributed by atoms with E-state index in [1.54, 1.807) is 18.5 Å². The summed E-state index contributed by atoms with van der Waals surface area (Å²) in [5.41, 5.74) is 4.21. The van der Waals surface area contributed by atoms with Gasteiger partial charge in [0.2, 0.25) is 5.91 Å². The highest BCUT2D eigenvalue weighted by Crippen LogP contribution is 2.20. The number of rotatable bonds is 4. The summed E-state index contributed by atoms with van der Waals surface area (Å²) in [4.78, 5) is 32.1. The average molecular weight is 367 g/mol. The normalized spacial score (nSPS) is 15.1. The Kier molecular flexibility index (Phi) is 5.99. The van der Waals surface area contributed by atoms with Crippen LogP contribution in [-0.2, 0) is 11.2 Å². The smallest absolute Gasteiger partial charge is 0.255 e. The number of benzene rings is 1. The molecule has 3 rings (SSSR count). The van der Waals surface area contributed by atoms with Gasteiger partial charge >= 0.3 is 0 Å². The van der Waals surface area contributed by atoms with E-state index >= 15 is 0 Å². The van der Waals surface area contributed by atoms with Gasteiger partial charge in [-0.3, -0.25) is 9.59 Å². The first kappa shape index (κ1) is 19.2. The second-order valence-electron chi connectivity index (χ2n) is 7.64. The molecule has 1 fully saturated rings. The van der Waals surface area contributed by atoms with Crippen LogP contribution in [0.25, 0.3) is 0 Å². The minimum atomic E-state index is 0.0334. The zero-order valence-electron chi connectivity index (χ0n) is 16.5. The van der Waals surface area contributed by atoms with Crippen LogP contribution < -0.4 is 0 Å². The molecule has 0 unspecified atom stereocenters. The van der Waals surface area contributed by atoms with Crippen LogP contribution in [0.2, 0.25) is 0 Å². The highest BCUT2D eigenvalue weighted by atomic mass is 16.2. The highest BCUT2D eigenvalue weighted by Gasteiger charge is 2.23. The van der Waals surface area contributed by atoms with Crippen LogP contribution in [0, 0.1) is 6.92 Å². The van der Waals surface area contributed by atoms with E-state index in [1.807, 2.05) is 9.80 Å². The van der Waals surface area contributed by atoms with Gasteiger partial charge in [0.05, 0.1) is 12.0 Å². The summed E-state index contributed by atoms with van der Waals surface area (Å²) in [7, 11) is 0. The van der Waals surface area contributed by atoms with Gasteiger partial charge in [0.25, 0.3) is 5.91 Å². The maximum Gasteiger partial charge on any atom is 0.255 e. The fourth-order valence-electron chi connectivity index (χ4n) is 3.53. The number of aromatic amines is 1. The molecule has 0 aliphatic carbocycles. The molecule has 27 heavy (non-hydrogen) atoms. The van der Waals surface area contributed by atoms with E-state index in [4.69, 9.17) is 0 Å². The van der Waals surface area contributed by atoms with Crippen LogP contribution in [0.3, 0.4) is 0 Å². The van der Waals surface area contributed by atoms with Crippen molar-refractivity contribution in [2.45, 2.75) is 39.5 Å². The van der Waals surface area contributed by atoms with Crippen molar-refractivity contribution in [2.24, 2.45) is 0 Å². The molecule has 0 saturated carbocycles. The number of hydrogen-bond donors (Lipinski definition) is 1. The highest BCUT2D eigenvalue weighted by molar-refractivity contribution is 5.94. The number of amides is 2. The molecule has 1 aromatic heterocycles. The maximum atomic E-state index is 12.9. The summed E-state index contributed by atoms with van der Waals surface area (Å²) in [6.07, 6.45) is 4.72. The number of hydrogen-bond acceptors (Lipinski definition) is 2. The molecule has 5 nitrogen and oxygen atoms in total. The molecule has 5 heteroatoms. The second kappa shape index (κ2) is 8.42. The first-order valence-electron chi connectivity index (χ1n) is 9.75. The summed E-state index contributed by atoms with van der Waals surface area (Å²) in [6, 6.07) is 8.21. The standard InChI is InChI=1S/C22H29N3O2/c1-16(2)18-6-5-17(3)20(13-18)14-21(26)24-9-4-10-25(12-11-24)22(27)19-7-8-23-15-19/h5-8,13,15-16,23H,4,9-12,14H2,1-3H3. The fourth-order valence-corrected chi connectivity index (χ4v) is 3.53. The van der Waals surface area contributed by atoms with Crippen molar-refractivity contribution in [1.29, 1.82) is 0 Å². The van der Waals surface area contributed by atoms with Gasteiger partial charge in [-0.1, -0.05) is 32.0 Å². The van der Waals surface area contributed by atoms with Gasteiger partial charge in [-0.25, -0.2) is 0 Å². The van der Waals surface area contributed by atoms with Gasteiger partial charge in [0.15, 0.2) is 0 Å². The Balaban J connectivity index is 1.63. The van der Waals surface area contributed by atoms with E-state index in [-0.39, 0.29) is 11.8 Å². The third kappa shape index (κ3) is 4.59. The summed E-state index contributed by atoms with van der Waals surface area (Å²) in [6.45, 7) is 8.97. The topological polar surface area (TPSA) is 56.4 Å². The van der Waals surface area contributed by atoms with Crippen LogP contribution in [-0.4, -0.2) is 52.8 Å². The van der Waals surface area contributed by atoms with Crippen molar-refractivity contribution >= 4 is 11.8 Å². The predicted molar refractivity (Wildman–Crippen MR) is 107 cm³/mol. The fraction of sp³-hybridized carbons (Fsp3) is 0.455. The molecule has 0 spiro atoms. The van der Waals surface area contributed by atoms with Crippen LogP contribution in [0.5, 0.6) is 0 Å². The summed E-state index contributed by atoms with van der Waals surface area (Å²) in [5.74, 6) is 0.631. The molecule has 1 saturated heterocycles. The van der Waals surface area contributed by atoms with Gasteiger partial charge in [0.1, 0.15) is 0 Å². The van der Waals surface area contributed by atoms with Crippen molar-refractivity contribution < 1.29 is 9.59 Å². The van der Waals surface area contributed by atoms with Crippen LogP contribution >= 0.6 is 0 Å². The number of aryl methyl sites for hydroxylation is 1. The Labute approximate surface area is 161 Å². The van der Waals surface area contributed by atoms with Gasteiger partial charge in [0, 0.05) is 38.6 Å². The zero-order valence-corrected chi connectivity index (χ0v) is 16.5. The molecule has 0 radical (unpaired) electrons. The molecule has 1 aromatic carbocycles. The summed E-state index contributed by atoms with van der Waals surface area (Å²) >= 11 is 0. The Morgan fingerprint density at radius 2 is 1.81 bits per heavy atom. The Bertz CT molecular complexity index is 796. The quantitative estimate of drug-likeness (QED) is 0.901.